The Hall–Kier alpha value is -1.32. The predicted molar refractivity (Wildman–Crippen MR) is 85.3 cm³/mol. The van der Waals surface area contributed by atoms with Gasteiger partial charge in [0.2, 0.25) is 0 Å². The summed E-state index contributed by atoms with van der Waals surface area (Å²) in [5.41, 5.74) is 4.05. The number of H-pyrrole nitrogens is 1. The molecule has 1 aromatic heterocycles. The van der Waals surface area contributed by atoms with Crippen molar-refractivity contribution in [1.29, 1.82) is 0 Å². The van der Waals surface area contributed by atoms with Gasteiger partial charge in [0, 0.05) is 22.6 Å². The molecule has 0 bridgehead atoms. The van der Waals surface area contributed by atoms with E-state index in [1.807, 2.05) is 0 Å². The smallest absolute Gasteiger partial charge is 0.0588 e. The summed E-state index contributed by atoms with van der Waals surface area (Å²) in [5.74, 6) is 0.708. The lowest BCUT2D eigenvalue weighted by atomic mass is 9.79. The van der Waals surface area contributed by atoms with Crippen LogP contribution in [0.3, 0.4) is 0 Å². The second kappa shape index (κ2) is 5.47. The Balaban J connectivity index is 1.78. The van der Waals surface area contributed by atoms with Crippen LogP contribution < -0.4 is 5.32 Å². The number of benzene rings is 1. The summed E-state index contributed by atoms with van der Waals surface area (Å²) in [5, 5.41) is 14.7. The Morgan fingerprint density at radius 3 is 2.71 bits per heavy atom. The normalized spacial score (nSPS) is 26.9. The third-order valence-electron chi connectivity index (χ3n) is 5.37. The fourth-order valence-corrected chi connectivity index (χ4v) is 4.31. The summed E-state index contributed by atoms with van der Waals surface area (Å²) in [4.78, 5) is 3.66. The van der Waals surface area contributed by atoms with E-state index < -0.39 is 0 Å². The molecular formula is C18H24N2O. The Labute approximate surface area is 125 Å². The Kier molecular flexibility index (Phi) is 3.48. The molecule has 0 spiro atoms. The second-order valence-electron chi connectivity index (χ2n) is 6.69. The van der Waals surface area contributed by atoms with E-state index in [0.29, 0.717) is 12.0 Å². The second-order valence-corrected chi connectivity index (χ2v) is 6.69. The van der Waals surface area contributed by atoms with Gasteiger partial charge in [0.25, 0.3) is 0 Å². The van der Waals surface area contributed by atoms with Gasteiger partial charge in [-0.05, 0) is 36.8 Å². The average molecular weight is 284 g/mol. The van der Waals surface area contributed by atoms with Crippen LogP contribution in [0, 0.1) is 5.92 Å². The molecule has 2 heterocycles. The van der Waals surface area contributed by atoms with E-state index in [4.69, 9.17) is 0 Å². The number of hydrogen-bond donors (Lipinski definition) is 3. The first kappa shape index (κ1) is 13.4. The molecule has 2 aliphatic rings. The fraction of sp³-hybridized carbons (Fsp3) is 0.556. The molecule has 3 nitrogen and oxygen atoms in total. The van der Waals surface area contributed by atoms with Gasteiger partial charge in [0.15, 0.2) is 0 Å². The molecule has 2 aromatic rings. The van der Waals surface area contributed by atoms with Crippen LogP contribution >= 0.6 is 0 Å². The quantitative estimate of drug-likeness (QED) is 0.792. The first-order valence-electron chi connectivity index (χ1n) is 8.33. The molecule has 112 valence electrons. The van der Waals surface area contributed by atoms with Crippen LogP contribution in [0.2, 0.25) is 0 Å². The van der Waals surface area contributed by atoms with E-state index in [1.165, 1.54) is 54.3 Å². The summed E-state index contributed by atoms with van der Waals surface area (Å²) in [7, 11) is 0. The molecule has 0 radical (unpaired) electrons. The van der Waals surface area contributed by atoms with Gasteiger partial charge in [-0.3, -0.25) is 0 Å². The zero-order chi connectivity index (χ0) is 14.2. The standard InChI is InChI=1S/C18H24N2O/c21-11-13-10-15-14-8-4-5-9-16(14)20-18(15)17(19-13)12-6-2-1-3-7-12/h4-5,8-9,12-13,17,19-21H,1-3,6-7,10-11H2/t13-,17+/m1/s1. The average Bonchev–Trinajstić information content (AvgIpc) is 2.93. The number of rotatable bonds is 2. The number of aromatic amines is 1. The zero-order valence-electron chi connectivity index (χ0n) is 12.4. The fourth-order valence-electron chi connectivity index (χ4n) is 4.31. The molecule has 0 unspecified atom stereocenters. The van der Waals surface area contributed by atoms with E-state index in [9.17, 15) is 5.11 Å². The van der Waals surface area contributed by atoms with Crippen LogP contribution in [0.1, 0.15) is 49.4 Å². The highest BCUT2D eigenvalue weighted by atomic mass is 16.3. The molecule has 3 heteroatoms. The first-order valence-corrected chi connectivity index (χ1v) is 8.33. The Morgan fingerprint density at radius 2 is 1.90 bits per heavy atom. The number of nitrogens with one attached hydrogen (secondary N) is 2. The zero-order valence-corrected chi connectivity index (χ0v) is 12.4. The molecule has 21 heavy (non-hydrogen) atoms. The molecule has 1 saturated carbocycles. The van der Waals surface area contributed by atoms with Crippen LogP contribution in [0.4, 0.5) is 0 Å². The highest BCUT2D eigenvalue weighted by Crippen LogP contribution is 2.40. The van der Waals surface area contributed by atoms with E-state index in [0.717, 1.165) is 6.42 Å². The van der Waals surface area contributed by atoms with Crippen LogP contribution in [-0.4, -0.2) is 22.7 Å². The van der Waals surface area contributed by atoms with Crippen molar-refractivity contribution < 1.29 is 5.11 Å². The van der Waals surface area contributed by atoms with Crippen LogP contribution in [0.5, 0.6) is 0 Å². The van der Waals surface area contributed by atoms with Gasteiger partial charge < -0.3 is 15.4 Å². The highest BCUT2D eigenvalue weighted by Gasteiger charge is 2.34. The highest BCUT2D eigenvalue weighted by molar-refractivity contribution is 5.85. The van der Waals surface area contributed by atoms with Crippen LogP contribution in [-0.2, 0) is 6.42 Å². The lowest BCUT2D eigenvalue weighted by molar-refractivity contribution is 0.184. The monoisotopic (exact) mass is 284 g/mol. The van der Waals surface area contributed by atoms with Crippen molar-refractivity contribution in [2.75, 3.05) is 6.61 Å². The summed E-state index contributed by atoms with van der Waals surface area (Å²) in [6.45, 7) is 0.224. The number of aromatic nitrogens is 1. The van der Waals surface area contributed by atoms with Gasteiger partial charge in [-0.15, -0.1) is 0 Å². The molecule has 1 aliphatic carbocycles. The van der Waals surface area contributed by atoms with Crippen molar-refractivity contribution in [1.82, 2.24) is 10.3 Å². The minimum absolute atomic E-state index is 0.198. The van der Waals surface area contributed by atoms with E-state index in [2.05, 4.69) is 34.6 Å². The summed E-state index contributed by atoms with van der Waals surface area (Å²) < 4.78 is 0. The third kappa shape index (κ3) is 2.29. The maximum Gasteiger partial charge on any atom is 0.0588 e. The number of aliphatic hydroxyl groups is 1. The van der Waals surface area contributed by atoms with Crippen LogP contribution in [0.25, 0.3) is 10.9 Å². The number of aliphatic hydroxyl groups excluding tert-OH is 1. The van der Waals surface area contributed by atoms with E-state index in [-0.39, 0.29) is 12.6 Å². The van der Waals surface area contributed by atoms with Gasteiger partial charge in [0.1, 0.15) is 0 Å². The van der Waals surface area contributed by atoms with Gasteiger partial charge in [-0.1, -0.05) is 37.5 Å². The molecule has 0 amide bonds. The predicted octanol–water partition coefficient (Wildman–Crippen LogP) is 3.30. The summed E-state index contributed by atoms with van der Waals surface area (Å²) >= 11 is 0. The van der Waals surface area contributed by atoms with E-state index in [1.54, 1.807) is 0 Å². The van der Waals surface area contributed by atoms with Gasteiger partial charge in [-0.2, -0.15) is 0 Å². The summed E-state index contributed by atoms with van der Waals surface area (Å²) in [6, 6.07) is 9.17. The van der Waals surface area contributed by atoms with Crippen LogP contribution in [0.15, 0.2) is 24.3 Å². The molecule has 3 N–H and O–H groups in total. The number of fused-ring (bicyclic) bond motifs is 3. The SMILES string of the molecule is OC[C@H]1Cc2c([nH]c3ccccc23)[C@H](C2CCCCC2)N1. The summed E-state index contributed by atoms with van der Waals surface area (Å²) in [6.07, 6.45) is 7.63. The van der Waals surface area contributed by atoms with Crippen molar-refractivity contribution in [2.45, 2.75) is 50.6 Å². The molecule has 2 atom stereocenters. The molecular weight excluding hydrogens is 260 g/mol. The van der Waals surface area contributed by atoms with E-state index >= 15 is 0 Å². The minimum Gasteiger partial charge on any atom is -0.395 e. The van der Waals surface area contributed by atoms with Crippen molar-refractivity contribution in [3.8, 4) is 0 Å². The van der Waals surface area contributed by atoms with Crippen molar-refractivity contribution in [2.24, 2.45) is 5.92 Å². The molecule has 1 fully saturated rings. The third-order valence-corrected chi connectivity index (χ3v) is 5.37. The minimum atomic E-state index is 0.198. The van der Waals surface area contributed by atoms with Gasteiger partial charge in [0.05, 0.1) is 12.6 Å². The largest absolute Gasteiger partial charge is 0.395 e. The lowest BCUT2D eigenvalue weighted by Gasteiger charge is -2.37. The number of para-hydroxylation sites is 1. The molecule has 1 aliphatic heterocycles. The topological polar surface area (TPSA) is 48.0 Å². The first-order chi connectivity index (χ1) is 10.4. The molecule has 0 saturated heterocycles. The number of hydrogen-bond acceptors (Lipinski definition) is 2. The van der Waals surface area contributed by atoms with Gasteiger partial charge >= 0.3 is 0 Å². The van der Waals surface area contributed by atoms with Crippen molar-refractivity contribution in [3.63, 3.8) is 0 Å². The lowest BCUT2D eigenvalue weighted by Crippen LogP contribution is -2.44. The maximum absolute atomic E-state index is 9.67. The molecule has 1 aromatic carbocycles. The Morgan fingerprint density at radius 1 is 1.10 bits per heavy atom. The maximum atomic E-state index is 9.67. The Bertz CT molecular complexity index is 627. The van der Waals surface area contributed by atoms with Crippen molar-refractivity contribution >= 4 is 10.9 Å². The van der Waals surface area contributed by atoms with Gasteiger partial charge in [-0.25, -0.2) is 0 Å². The molecule has 4 rings (SSSR count). The van der Waals surface area contributed by atoms with Crippen molar-refractivity contribution in [3.05, 3.63) is 35.5 Å².